The van der Waals surface area contributed by atoms with Crippen LogP contribution in [0.15, 0.2) is 77.7 Å². The first kappa shape index (κ1) is 24.8. The van der Waals surface area contributed by atoms with E-state index in [9.17, 15) is 14.5 Å². The van der Waals surface area contributed by atoms with E-state index in [4.69, 9.17) is 24.0 Å². The lowest BCUT2D eigenvalue weighted by Crippen LogP contribution is -2.60. The molecule has 13 heteroatoms. The van der Waals surface area contributed by atoms with Crippen molar-refractivity contribution in [1.82, 2.24) is 4.98 Å². The van der Waals surface area contributed by atoms with E-state index in [0.717, 1.165) is 13.1 Å². The minimum atomic E-state index is -4.58. The molecule has 0 aliphatic carbocycles. The van der Waals surface area contributed by atoms with Gasteiger partial charge in [0.1, 0.15) is 24.3 Å². The Kier molecular flexibility index (Phi) is 6.65. The van der Waals surface area contributed by atoms with Crippen LogP contribution in [-0.4, -0.2) is 34.3 Å². The van der Waals surface area contributed by atoms with Gasteiger partial charge in [0, 0.05) is 6.07 Å². The van der Waals surface area contributed by atoms with E-state index < -0.39 is 44.0 Å². The summed E-state index contributed by atoms with van der Waals surface area (Å²) < 4.78 is 66.4. The molecule has 1 aliphatic rings. The highest BCUT2D eigenvalue weighted by Gasteiger charge is 2.67. The second-order valence-corrected chi connectivity index (χ2v) is 9.47. The lowest BCUT2D eigenvalue weighted by Gasteiger charge is -2.26. The van der Waals surface area contributed by atoms with Gasteiger partial charge in [-0.15, -0.1) is 0 Å². The lowest BCUT2D eigenvalue weighted by molar-refractivity contribution is -0.786. The topological polar surface area (TPSA) is 137 Å². The predicted molar refractivity (Wildman–Crippen MR) is 119 cm³/mol. The number of alkyl halides is 2. The summed E-state index contributed by atoms with van der Waals surface area (Å²) in [5.41, 5.74) is 1.79. The molecule has 4 rings (SSSR count). The van der Waals surface area contributed by atoms with E-state index in [1.54, 1.807) is 36.4 Å². The Balaban J connectivity index is 1.59. The van der Waals surface area contributed by atoms with Gasteiger partial charge in [0.05, 0.1) is 0 Å². The summed E-state index contributed by atoms with van der Waals surface area (Å²) >= 11 is 0. The van der Waals surface area contributed by atoms with Gasteiger partial charge < -0.3 is 19.9 Å². The third-order valence-corrected chi connectivity index (χ3v) is 6.54. The molecule has 0 amide bonds. The maximum absolute atomic E-state index is 15.7. The molecule has 2 aromatic carbocycles. The van der Waals surface area contributed by atoms with Gasteiger partial charge in [-0.25, -0.2) is 13.3 Å². The van der Waals surface area contributed by atoms with Crippen molar-refractivity contribution in [3.8, 4) is 11.5 Å². The average molecular weight is 510 g/mol. The first-order chi connectivity index (χ1) is 16.5. The fourth-order valence-electron chi connectivity index (χ4n) is 3.47. The van der Waals surface area contributed by atoms with Crippen LogP contribution in [0.1, 0.15) is 13.2 Å². The number of benzene rings is 2. The Labute approximate surface area is 198 Å². The molecule has 1 fully saturated rings. The summed E-state index contributed by atoms with van der Waals surface area (Å²) in [6, 6.07) is 16.9. The highest BCUT2D eigenvalue weighted by atomic mass is 31.2. The number of aromatic amines is 1. The van der Waals surface area contributed by atoms with Gasteiger partial charge in [-0.05, 0) is 31.2 Å². The van der Waals surface area contributed by atoms with Crippen LogP contribution in [0.2, 0.25) is 0 Å². The van der Waals surface area contributed by atoms with Crippen molar-refractivity contribution in [2.75, 3.05) is 12.3 Å². The average Bonchev–Trinajstić information content (AvgIpc) is 3.00. The molecule has 0 radical (unpaired) electrons. The molecule has 4 N–H and O–H groups in total. The fourth-order valence-corrected chi connectivity index (χ4v) is 4.70. The third kappa shape index (κ3) is 5.20. The minimum absolute atomic E-state index is 0.0164. The number of rotatable bonds is 8. The van der Waals surface area contributed by atoms with Gasteiger partial charge in [-0.3, -0.25) is 9.26 Å². The van der Waals surface area contributed by atoms with Crippen LogP contribution >= 0.6 is 7.82 Å². The highest BCUT2D eigenvalue weighted by molar-refractivity contribution is 7.49. The summed E-state index contributed by atoms with van der Waals surface area (Å²) in [5, 5.41) is 10.5. The molecule has 3 aromatic rings. The number of anilines is 1. The molecule has 0 bridgehead atoms. The van der Waals surface area contributed by atoms with Crippen LogP contribution in [0.25, 0.3) is 0 Å². The maximum Gasteiger partial charge on any atom is 0.587 e. The molecule has 10 nitrogen and oxygen atoms in total. The Morgan fingerprint density at radius 2 is 1.63 bits per heavy atom. The van der Waals surface area contributed by atoms with Gasteiger partial charge in [-0.2, -0.15) is 14.3 Å². The van der Waals surface area contributed by atoms with Gasteiger partial charge in [0.15, 0.2) is 11.9 Å². The van der Waals surface area contributed by atoms with Crippen molar-refractivity contribution in [3.63, 3.8) is 0 Å². The number of hydrogen-bond acceptors (Lipinski definition) is 8. The minimum Gasteiger partial charge on any atom is -0.395 e. The van der Waals surface area contributed by atoms with Crippen molar-refractivity contribution < 1.29 is 41.3 Å². The van der Waals surface area contributed by atoms with Gasteiger partial charge in [0.25, 0.3) is 5.85 Å². The van der Waals surface area contributed by atoms with E-state index in [2.05, 4.69) is 4.98 Å². The van der Waals surface area contributed by atoms with Crippen LogP contribution < -0.4 is 25.0 Å². The maximum atomic E-state index is 15.7. The molecule has 4 atom stereocenters. The normalized spacial score (nSPS) is 26.4. The Bertz CT molecular complexity index is 1230. The number of ether oxygens (including phenoxy) is 1. The lowest BCUT2D eigenvalue weighted by atomic mass is 9.97. The zero-order valence-electron chi connectivity index (χ0n) is 18.4. The summed E-state index contributed by atoms with van der Waals surface area (Å²) in [6.07, 6.45) is -3.26. The number of nitrogens with zero attached hydrogens (tertiary/aromatic N) is 1. The number of para-hydroxylation sites is 2. The monoisotopic (exact) mass is 510 g/mol. The number of phosphoric acid groups is 1. The molecular weight excluding hydrogens is 487 g/mol. The Morgan fingerprint density at radius 3 is 2.14 bits per heavy atom. The van der Waals surface area contributed by atoms with Crippen molar-refractivity contribution in [2.24, 2.45) is 0 Å². The van der Waals surface area contributed by atoms with Crippen molar-refractivity contribution in [1.29, 1.82) is 0 Å². The SMILES string of the molecule is CC1(F)C([n+]2ccc(N)[nH]c2=O)OC(F)(COP(=O)(Oc2ccccc2)Oc2ccccc2)C1O. The number of aliphatic hydroxyl groups is 1. The number of phosphoric ester groups is 1. The number of H-pyrrole nitrogens is 1. The fraction of sp³-hybridized carbons (Fsp3) is 0.273. The van der Waals surface area contributed by atoms with Gasteiger partial charge >= 0.3 is 13.5 Å². The Morgan fingerprint density at radius 1 is 1.09 bits per heavy atom. The Hall–Kier alpha value is -3.31. The molecule has 1 aliphatic heterocycles. The molecule has 186 valence electrons. The number of halogens is 2. The number of aromatic nitrogens is 2. The number of nitrogen functional groups attached to an aromatic ring is 1. The first-order valence-corrected chi connectivity index (χ1v) is 11.9. The van der Waals surface area contributed by atoms with Crippen LogP contribution in [0.3, 0.4) is 0 Å². The molecule has 2 heterocycles. The van der Waals surface area contributed by atoms with Crippen LogP contribution in [0.4, 0.5) is 14.6 Å². The van der Waals surface area contributed by atoms with E-state index in [0.29, 0.717) is 4.57 Å². The quantitative estimate of drug-likeness (QED) is 0.311. The van der Waals surface area contributed by atoms with E-state index in [1.807, 2.05) is 0 Å². The van der Waals surface area contributed by atoms with Crippen LogP contribution in [0, 0.1) is 0 Å². The molecule has 1 saturated heterocycles. The van der Waals surface area contributed by atoms with Crippen molar-refractivity contribution in [3.05, 3.63) is 83.4 Å². The van der Waals surface area contributed by atoms with Crippen molar-refractivity contribution >= 4 is 13.6 Å². The predicted octanol–water partition coefficient (Wildman–Crippen LogP) is 2.81. The number of hydrogen-bond donors (Lipinski definition) is 3. The molecule has 35 heavy (non-hydrogen) atoms. The molecule has 4 unspecified atom stereocenters. The van der Waals surface area contributed by atoms with Gasteiger partial charge in [0.2, 0.25) is 11.9 Å². The summed E-state index contributed by atoms with van der Waals surface area (Å²) in [6.45, 7) is -0.401. The number of nitrogens with two attached hydrogens (primary N) is 1. The molecular formula is C22H23F2N3O7P+. The summed E-state index contributed by atoms with van der Waals surface area (Å²) in [7, 11) is -4.58. The second-order valence-electron chi connectivity index (χ2n) is 7.95. The first-order valence-electron chi connectivity index (χ1n) is 10.4. The van der Waals surface area contributed by atoms with E-state index in [1.165, 1.54) is 30.3 Å². The summed E-state index contributed by atoms with van der Waals surface area (Å²) in [5.74, 6) is -3.07. The molecule has 0 spiro atoms. The second kappa shape index (κ2) is 9.38. The summed E-state index contributed by atoms with van der Waals surface area (Å²) in [4.78, 5) is 14.4. The number of nitrogens with one attached hydrogen (secondary N) is 1. The van der Waals surface area contributed by atoms with E-state index >= 15 is 8.78 Å². The van der Waals surface area contributed by atoms with Crippen molar-refractivity contribution in [2.45, 2.75) is 30.8 Å². The van der Waals surface area contributed by atoms with Gasteiger partial charge in [-0.1, -0.05) is 36.4 Å². The molecule has 1 aromatic heterocycles. The van der Waals surface area contributed by atoms with Crippen LogP contribution in [0.5, 0.6) is 11.5 Å². The smallest absolute Gasteiger partial charge is 0.395 e. The highest BCUT2D eigenvalue weighted by Crippen LogP contribution is 2.52. The largest absolute Gasteiger partial charge is 0.587 e. The molecule has 0 saturated carbocycles. The van der Waals surface area contributed by atoms with Crippen LogP contribution in [-0.2, 0) is 13.8 Å². The standard InChI is InChI=1S/C22H22F2N3O7P/c1-21(23)18(28)22(24,32-19(21)27-13-12-17(25)26-20(27)29)14-31-35(30,33-15-8-4-2-5-9-15)34-16-10-6-3-7-11-16/h2-13,18-19,28H,14H2,1H3,(H2,25,26,29)/p+1. The van der Waals surface area contributed by atoms with E-state index in [-0.39, 0.29) is 17.3 Å². The number of aliphatic hydroxyl groups excluding tert-OH is 1. The zero-order valence-corrected chi connectivity index (χ0v) is 19.3. The third-order valence-electron chi connectivity index (χ3n) is 5.23. The zero-order chi connectivity index (χ0) is 25.3.